The minimum absolute atomic E-state index is 0.250. The Kier molecular flexibility index (Phi) is 5.56. The molecule has 1 aromatic heterocycles. The second-order valence-electron chi connectivity index (χ2n) is 5.68. The molecule has 1 heterocycles. The molecule has 0 atom stereocenters. The number of nitrogens with zero attached hydrogens (tertiary/aromatic N) is 1. The first-order valence-corrected chi connectivity index (χ1v) is 8.28. The van der Waals surface area contributed by atoms with E-state index in [1.54, 1.807) is 45.6 Å². The van der Waals surface area contributed by atoms with Crippen LogP contribution >= 0.6 is 0 Å². The molecule has 3 aromatic rings. The molecule has 0 aliphatic rings. The zero-order chi connectivity index (χ0) is 19.2. The highest BCUT2D eigenvalue weighted by Crippen LogP contribution is 2.32. The number of carbonyl (C=O) groups excluding carboxylic acids is 1. The van der Waals surface area contributed by atoms with Crippen molar-refractivity contribution in [1.29, 1.82) is 0 Å². The van der Waals surface area contributed by atoms with Gasteiger partial charge in [0.05, 0.1) is 32.6 Å². The molecule has 27 heavy (non-hydrogen) atoms. The Balaban J connectivity index is 1.82. The number of ether oxygens (including phenoxy) is 3. The zero-order valence-electron chi connectivity index (χ0n) is 15.4. The number of rotatable bonds is 6. The molecular weight excluding hydrogens is 344 g/mol. The first-order valence-electron chi connectivity index (χ1n) is 8.28. The molecule has 6 heteroatoms. The summed E-state index contributed by atoms with van der Waals surface area (Å²) in [5.74, 6) is 1.80. The smallest absolute Gasteiger partial charge is 0.257 e. The van der Waals surface area contributed by atoms with Crippen molar-refractivity contribution < 1.29 is 19.0 Å². The highest BCUT2D eigenvalue weighted by Gasteiger charge is 2.12. The molecule has 2 aromatic carbocycles. The van der Waals surface area contributed by atoms with E-state index < -0.39 is 0 Å². The molecular formula is C21H20N2O4. The first kappa shape index (κ1) is 18.3. The van der Waals surface area contributed by atoms with Gasteiger partial charge in [-0.1, -0.05) is 6.07 Å². The van der Waals surface area contributed by atoms with Gasteiger partial charge in [-0.05, 0) is 42.5 Å². The van der Waals surface area contributed by atoms with Crippen LogP contribution in [0.3, 0.4) is 0 Å². The summed E-state index contributed by atoms with van der Waals surface area (Å²) in [5, 5.41) is 2.83. The number of aromatic nitrogens is 1. The third-order valence-electron chi connectivity index (χ3n) is 4.04. The van der Waals surface area contributed by atoms with E-state index in [9.17, 15) is 4.79 Å². The lowest BCUT2D eigenvalue weighted by molar-refractivity contribution is 0.102. The third kappa shape index (κ3) is 4.17. The molecule has 0 bridgehead atoms. The summed E-state index contributed by atoms with van der Waals surface area (Å²) in [6, 6.07) is 16.1. The van der Waals surface area contributed by atoms with E-state index in [-0.39, 0.29) is 5.91 Å². The fourth-order valence-corrected chi connectivity index (χ4v) is 2.61. The summed E-state index contributed by atoms with van der Waals surface area (Å²) in [5.41, 5.74) is 2.57. The maximum absolute atomic E-state index is 12.4. The van der Waals surface area contributed by atoms with Crippen LogP contribution < -0.4 is 19.5 Å². The Morgan fingerprint density at radius 1 is 0.889 bits per heavy atom. The molecule has 1 N–H and O–H groups in total. The van der Waals surface area contributed by atoms with Gasteiger partial charge >= 0.3 is 0 Å². The van der Waals surface area contributed by atoms with Crippen LogP contribution in [0.5, 0.6) is 17.2 Å². The van der Waals surface area contributed by atoms with Gasteiger partial charge in [0.15, 0.2) is 0 Å². The zero-order valence-corrected chi connectivity index (χ0v) is 15.4. The molecule has 0 aliphatic carbocycles. The Bertz CT molecular complexity index is 939. The molecule has 1 amide bonds. The van der Waals surface area contributed by atoms with Crippen molar-refractivity contribution in [3.8, 4) is 28.5 Å². The van der Waals surface area contributed by atoms with Gasteiger partial charge < -0.3 is 19.5 Å². The van der Waals surface area contributed by atoms with Crippen molar-refractivity contribution in [2.24, 2.45) is 0 Å². The Morgan fingerprint density at radius 2 is 1.67 bits per heavy atom. The second-order valence-corrected chi connectivity index (χ2v) is 5.68. The van der Waals surface area contributed by atoms with Crippen LogP contribution in [0.25, 0.3) is 11.3 Å². The van der Waals surface area contributed by atoms with Crippen molar-refractivity contribution >= 4 is 11.6 Å². The number of methoxy groups -OCH3 is 3. The number of anilines is 1. The number of benzene rings is 2. The highest BCUT2D eigenvalue weighted by atomic mass is 16.5. The van der Waals surface area contributed by atoms with E-state index in [0.29, 0.717) is 34.2 Å². The summed E-state index contributed by atoms with van der Waals surface area (Å²) >= 11 is 0. The SMILES string of the molecule is COc1cccc(NC(=O)c2ccc(-c3cc(OC)ccc3OC)nc2)c1. The van der Waals surface area contributed by atoms with E-state index in [0.717, 1.165) is 5.56 Å². The van der Waals surface area contributed by atoms with E-state index in [4.69, 9.17) is 14.2 Å². The summed E-state index contributed by atoms with van der Waals surface area (Å²) < 4.78 is 15.8. The van der Waals surface area contributed by atoms with Crippen LogP contribution in [0.2, 0.25) is 0 Å². The number of carbonyl (C=O) groups is 1. The van der Waals surface area contributed by atoms with Gasteiger partial charge in [-0.3, -0.25) is 9.78 Å². The van der Waals surface area contributed by atoms with Gasteiger partial charge in [-0.2, -0.15) is 0 Å². The Morgan fingerprint density at radius 3 is 2.33 bits per heavy atom. The fourth-order valence-electron chi connectivity index (χ4n) is 2.61. The van der Waals surface area contributed by atoms with Gasteiger partial charge in [0.2, 0.25) is 0 Å². The molecule has 0 radical (unpaired) electrons. The van der Waals surface area contributed by atoms with E-state index in [1.165, 1.54) is 6.20 Å². The number of nitrogens with one attached hydrogen (secondary N) is 1. The second kappa shape index (κ2) is 8.23. The highest BCUT2D eigenvalue weighted by molar-refractivity contribution is 6.04. The number of amides is 1. The van der Waals surface area contributed by atoms with Crippen LogP contribution in [0.1, 0.15) is 10.4 Å². The van der Waals surface area contributed by atoms with Crippen LogP contribution in [0.4, 0.5) is 5.69 Å². The van der Waals surface area contributed by atoms with Crippen molar-refractivity contribution in [2.45, 2.75) is 0 Å². The largest absolute Gasteiger partial charge is 0.497 e. The molecule has 0 unspecified atom stereocenters. The summed E-state index contributed by atoms with van der Waals surface area (Å²) in [6.45, 7) is 0. The lowest BCUT2D eigenvalue weighted by Crippen LogP contribution is -2.12. The number of hydrogen-bond donors (Lipinski definition) is 1. The Labute approximate surface area is 157 Å². The lowest BCUT2D eigenvalue weighted by atomic mass is 10.1. The molecule has 0 aliphatic heterocycles. The summed E-state index contributed by atoms with van der Waals surface area (Å²) in [6.07, 6.45) is 1.53. The third-order valence-corrected chi connectivity index (χ3v) is 4.04. The maximum atomic E-state index is 12.4. The molecule has 138 valence electrons. The fraction of sp³-hybridized carbons (Fsp3) is 0.143. The Hall–Kier alpha value is -3.54. The van der Waals surface area contributed by atoms with Crippen molar-refractivity contribution in [1.82, 2.24) is 4.98 Å². The molecule has 3 rings (SSSR count). The van der Waals surface area contributed by atoms with Gasteiger partial charge in [-0.25, -0.2) is 0 Å². The standard InChI is InChI=1S/C21H20N2O4/c1-25-16-6-4-5-15(11-16)23-21(24)14-7-9-19(22-13-14)18-12-17(26-2)8-10-20(18)27-3/h4-13H,1-3H3,(H,23,24). The summed E-state index contributed by atoms with van der Waals surface area (Å²) in [7, 11) is 4.78. The van der Waals surface area contributed by atoms with E-state index in [2.05, 4.69) is 10.3 Å². The quantitative estimate of drug-likeness (QED) is 0.715. The number of pyridine rings is 1. The molecule has 0 fully saturated rings. The number of hydrogen-bond acceptors (Lipinski definition) is 5. The van der Waals surface area contributed by atoms with Crippen molar-refractivity contribution in [2.75, 3.05) is 26.6 Å². The van der Waals surface area contributed by atoms with Gasteiger partial charge in [0.25, 0.3) is 5.91 Å². The van der Waals surface area contributed by atoms with E-state index in [1.807, 2.05) is 30.3 Å². The molecule has 0 saturated carbocycles. The summed E-state index contributed by atoms with van der Waals surface area (Å²) in [4.78, 5) is 16.9. The average Bonchev–Trinajstić information content (AvgIpc) is 2.73. The topological polar surface area (TPSA) is 69.7 Å². The van der Waals surface area contributed by atoms with E-state index >= 15 is 0 Å². The molecule has 0 spiro atoms. The van der Waals surface area contributed by atoms with Gasteiger partial charge in [-0.15, -0.1) is 0 Å². The van der Waals surface area contributed by atoms with Crippen LogP contribution in [-0.4, -0.2) is 32.2 Å². The molecule has 6 nitrogen and oxygen atoms in total. The predicted molar refractivity (Wildman–Crippen MR) is 104 cm³/mol. The minimum Gasteiger partial charge on any atom is -0.497 e. The van der Waals surface area contributed by atoms with Crippen LogP contribution in [0.15, 0.2) is 60.8 Å². The van der Waals surface area contributed by atoms with Crippen LogP contribution in [0, 0.1) is 0 Å². The van der Waals surface area contributed by atoms with Crippen LogP contribution in [-0.2, 0) is 0 Å². The average molecular weight is 364 g/mol. The van der Waals surface area contributed by atoms with Crippen molar-refractivity contribution in [3.05, 3.63) is 66.4 Å². The predicted octanol–water partition coefficient (Wildman–Crippen LogP) is 4.03. The molecule has 0 saturated heterocycles. The van der Waals surface area contributed by atoms with Crippen molar-refractivity contribution in [3.63, 3.8) is 0 Å². The first-order chi connectivity index (χ1) is 13.1. The monoisotopic (exact) mass is 364 g/mol. The minimum atomic E-state index is -0.250. The van der Waals surface area contributed by atoms with Gasteiger partial charge in [0, 0.05) is 23.5 Å². The van der Waals surface area contributed by atoms with Gasteiger partial charge in [0.1, 0.15) is 17.2 Å². The lowest BCUT2D eigenvalue weighted by Gasteiger charge is -2.11. The maximum Gasteiger partial charge on any atom is 0.257 e. The normalized spacial score (nSPS) is 10.2.